The van der Waals surface area contributed by atoms with Gasteiger partial charge in [0.25, 0.3) is 0 Å². The zero-order chi connectivity index (χ0) is 15.4. The van der Waals surface area contributed by atoms with Gasteiger partial charge in [0.05, 0.1) is 18.1 Å². The Labute approximate surface area is 117 Å². The van der Waals surface area contributed by atoms with E-state index in [2.05, 4.69) is 20.1 Å². The quantitative estimate of drug-likeness (QED) is 0.383. The zero-order valence-electron chi connectivity index (χ0n) is 10.9. The molecular formula is C8H16N6O4S2. The Balaban J connectivity index is 2.71. The Morgan fingerprint density at radius 3 is 2.20 bits per heavy atom. The van der Waals surface area contributed by atoms with Crippen LogP contribution in [-0.4, -0.2) is 57.5 Å². The standard InChI is InChI=1S/C8H16N6O4S2/c1-14(2)19(15,16)4-3-12-20(17,18)7-5-10-8(13-9)11-6-7/h5-6,12H,3-4,9H2,1-2H3,(H,10,11,13). The molecule has 10 nitrogen and oxygen atoms in total. The summed E-state index contributed by atoms with van der Waals surface area (Å²) >= 11 is 0. The Morgan fingerprint density at radius 1 is 1.20 bits per heavy atom. The fourth-order valence-corrected chi connectivity index (χ4v) is 2.88. The summed E-state index contributed by atoms with van der Waals surface area (Å²) in [6.07, 6.45) is 2.12. The van der Waals surface area contributed by atoms with Crippen molar-refractivity contribution in [3.05, 3.63) is 12.4 Å². The van der Waals surface area contributed by atoms with E-state index < -0.39 is 20.0 Å². The average molecular weight is 324 g/mol. The number of aromatic nitrogens is 2. The summed E-state index contributed by atoms with van der Waals surface area (Å²) in [5, 5.41) is 0. The van der Waals surface area contributed by atoms with Gasteiger partial charge in [0.2, 0.25) is 26.0 Å². The molecule has 0 bridgehead atoms. The second kappa shape index (κ2) is 6.41. The lowest BCUT2D eigenvalue weighted by Crippen LogP contribution is -2.34. The van der Waals surface area contributed by atoms with Gasteiger partial charge in [0.15, 0.2) is 0 Å². The predicted molar refractivity (Wildman–Crippen MR) is 72.5 cm³/mol. The lowest BCUT2D eigenvalue weighted by molar-refractivity contribution is 0.519. The summed E-state index contributed by atoms with van der Waals surface area (Å²) in [6.45, 7) is -0.250. The van der Waals surface area contributed by atoms with Crippen LogP contribution < -0.4 is 16.0 Å². The molecule has 0 radical (unpaired) electrons. The monoisotopic (exact) mass is 324 g/mol. The predicted octanol–water partition coefficient (Wildman–Crippen LogP) is -2.07. The summed E-state index contributed by atoms with van der Waals surface area (Å²) in [5.74, 6) is 4.78. The van der Waals surface area contributed by atoms with Crippen LogP contribution in [0.2, 0.25) is 0 Å². The molecular weight excluding hydrogens is 308 g/mol. The van der Waals surface area contributed by atoms with Crippen LogP contribution in [0.15, 0.2) is 17.3 Å². The maximum absolute atomic E-state index is 11.8. The van der Waals surface area contributed by atoms with Crippen LogP contribution in [0.1, 0.15) is 0 Å². The van der Waals surface area contributed by atoms with Crippen LogP contribution in [0.5, 0.6) is 0 Å². The largest absolute Gasteiger partial charge is 0.292 e. The molecule has 4 N–H and O–H groups in total. The first-order valence-corrected chi connectivity index (χ1v) is 8.47. The van der Waals surface area contributed by atoms with E-state index in [4.69, 9.17) is 5.84 Å². The van der Waals surface area contributed by atoms with Gasteiger partial charge in [-0.3, -0.25) is 5.43 Å². The zero-order valence-corrected chi connectivity index (χ0v) is 12.6. The van der Waals surface area contributed by atoms with E-state index in [0.29, 0.717) is 0 Å². The van der Waals surface area contributed by atoms with Crippen molar-refractivity contribution in [2.24, 2.45) is 5.84 Å². The van der Waals surface area contributed by atoms with Crippen LogP contribution in [0.3, 0.4) is 0 Å². The third-order valence-electron chi connectivity index (χ3n) is 2.28. The second-order valence-corrected chi connectivity index (χ2v) is 7.95. The van der Waals surface area contributed by atoms with Crippen molar-refractivity contribution < 1.29 is 16.8 Å². The van der Waals surface area contributed by atoms with E-state index >= 15 is 0 Å². The molecule has 0 aliphatic rings. The van der Waals surface area contributed by atoms with Crippen LogP contribution in [-0.2, 0) is 20.0 Å². The number of hydrazine groups is 1. The van der Waals surface area contributed by atoms with E-state index in [1.807, 2.05) is 0 Å². The van der Waals surface area contributed by atoms with E-state index in [1.54, 1.807) is 0 Å². The molecule has 0 spiro atoms. The van der Waals surface area contributed by atoms with Gasteiger partial charge in [-0.1, -0.05) is 0 Å². The lowest BCUT2D eigenvalue weighted by Gasteiger charge is -2.11. The number of nitrogen functional groups attached to an aromatic ring is 1. The van der Waals surface area contributed by atoms with Crippen molar-refractivity contribution in [3.8, 4) is 0 Å². The molecule has 0 saturated carbocycles. The fraction of sp³-hybridized carbons (Fsp3) is 0.500. The molecule has 0 unspecified atom stereocenters. The van der Waals surface area contributed by atoms with Gasteiger partial charge in [-0.15, -0.1) is 0 Å². The maximum atomic E-state index is 11.8. The molecule has 114 valence electrons. The molecule has 0 atom stereocenters. The normalized spacial score (nSPS) is 12.6. The molecule has 20 heavy (non-hydrogen) atoms. The molecule has 0 aromatic carbocycles. The van der Waals surface area contributed by atoms with Gasteiger partial charge in [0.1, 0.15) is 4.90 Å². The lowest BCUT2D eigenvalue weighted by atomic mass is 10.7. The fourth-order valence-electron chi connectivity index (χ4n) is 1.10. The Hall–Kier alpha value is -1.34. The molecule has 12 heteroatoms. The van der Waals surface area contributed by atoms with Crippen LogP contribution in [0, 0.1) is 0 Å². The Morgan fingerprint density at radius 2 is 1.75 bits per heavy atom. The van der Waals surface area contributed by atoms with Gasteiger partial charge >= 0.3 is 0 Å². The average Bonchev–Trinajstić information content (AvgIpc) is 2.38. The summed E-state index contributed by atoms with van der Waals surface area (Å²) in [5.41, 5.74) is 2.16. The number of hydrogen-bond donors (Lipinski definition) is 3. The maximum Gasteiger partial charge on any atom is 0.243 e. The number of nitrogens with two attached hydrogens (primary N) is 1. The van der Waals surface area contributed by atoms with Crippen molar-refractivity contribution >= 4 is 26.0 Å². The van der Waals surface area contributed by atoms with Gasteiger partial charge in [-0.2, -0.15) is 0 Å². The van der Waals surface area contributed by atoms with Crippen LogP contribution in [0.4, 0.5) is 5.95 Å². The van der Waals surface area contributed by atoms with Crippen molar-refractivity contribution in [2.75, 3.05) is 31.8 Å². The van der Waals surface area contributed by atoms with Crippen molar-refractivity contribution in [1.29, 1.82) is 0 Å². The second-order valence-electron chi connectivity index (χ2n) is 3.88. The van der Waals surface area contributed by atoms with Crippen molar-refractivity contribution in [3.63, 3.8) is 0 Å². The summed E-state index contributed by atoms with van der Waals surface area (Å²) < 4.78 is 49.8. The summed E-state index contributed by atoms with van der Waals surface area (Å²) in [7, 11) is -4.58. The summed E-state index contributed by atoms with van der Waals surface area (Å²) in [4.78, 5) is 7.13. The van der Waals surface area contributed by atoms with Gasteiger partial charge in [0, 0.05) is 20.6 Å². The highest BCUT2D eigenvalue weighted by molar-refractivity contribution is 7.90. The number of sulfonamides is 2. The number of nitrogens with zero attached hydrogens (tertiary/aromatic N) is 3. The first kappa shape index (κ1) is 16.7. The molecule has 1 heterocycles. The smallest absolute Gasteiger partial charge is 0.243 e. The van der Waals surface area contributed by atoms with E-state index in [0.717, 1.165) is 16.7 Å². The van der Waals surface area contributed by atoms with Crippen molar-refractivity contribution in [2.45, 2.75) is 4.90 Å². The third kappa shape index (κ3) is 4.35. The van der Waals surface area contributed by atoms with E-state index in [-0.39, 0.29) is 23.1 Å². The van der Waals surface area contributed by atoms with E-state index in [9.17, 15) is 16.8 Å². The first-order valence-electron chi connectivity index (χ1n) is 5.37. The molecule has 1 aromatic heterocycles. The minimum absolute atomic E-state index is 0.0686. The molecule has 0 amide bonds. The highest BCUT2D eigenvalue weighted by atomic mass is 32.2. The SMILES string of the molecule is CN(C)S(=O)(=O)CCNS(=O)(=O)c1cnc(NN)nc1. The molecule has 0 fully saturated rings. The molecule has 0 saturated heterocycles. The van der Waals surface area contributed by atoms with Crippen molar-refractivity contribution in [1.82, 2.24) is 19.0 Å². The highest BCUT2D eigenvalue weighted by Crippen LogP contribution is 2.06. The van der Waals surface area contributed by atoms with E-state index in [1.165, 1.54) is 14.1 Å². The summed E-state index contributed by atoms with van der Waals surface area (Å²) in [6, 6.07) is 0. The van der Waals surface area contributed by atoms with Gasteiger partial charge in [-0.25, -0.2) is 41.7 Å². The number of nitrogens with one attached hydrogen (secondary N) is 2. The Kier molecular flexibility index (Phi) is 5.35. The minimum Gasteiger partial charge on any atom is -0.292 e. The highest BCUT2D eigenvalue weighted by Gasteiger charge is 2.18. The van der Waals surface area contributed by atoms with Gasteiger partial charge < -0.3 is 0 Å². The number of anilines is 1. The topological polar surface area (TPSA) is 147 Å². The molecule has 1 aromatic rings. The van der Waals surface area contributed by atoms with Crippen LogP contribution in [0.25, 0.3) is 0 Å². The molecule has 1 rings (SSSR count). The number of hydrogen-bond acceptors (Lipinski definition) is 8. The third-order valence-corrected chi connectivity index (χ3v) is 5.52. The minimum atomic E-state index is -3.86. The first-order chi connectivity index (χ1) is 9.19. The molecule has 0 aliphatic heterocycles. The molecule has 0 aliphatic carbocycles. The Bertz CT molecular complexity index is 640. The van der Waals surface area contributed by atoms with Gasteiger partial charge in [-0.05, 0) is 0 Å². The van der Waals surface area contributed by atoms with Crippen LogP contribution >= 0.6 is 0 Å². The number of rotatable bonds is 7.